The third-order valence-electron chi connectivity index (χ3n) is 5.39. The standard InChI is InChI=1S/C23H28F3N3O/c1-6-14-7-15(11-27-14)29-13(2)16-8-20(25)17(9-19(16)24)18-10-22(23(3,4)26)28-12-21(18)30-5/h8-14,27,29H,6-7H2,1-5H3/t13?,14-/m0/s1. The van der Waals surface area contributed by atoms with Crippen molar-refractivity contribution in [2.24, 2.45) is 0 Å². The normalized spacial score (nSPS) is 17.3. The van der Waals surface area contributed by atoms with Gasteiger partial charge in [0, 0.05) is 41.1 Å². The fourth-order valence-corrected chi connectivity index (χ4v) is 3.56. The summed E-state index contributed by atoms with van der Waals surface area (Å²) in [6, 6.07) is 3.65. The molecule has 0 amide bonds. The molecule has 2 atom stereocenters. The summed E-state index contributed by atoms with van der Waals surface area (Å²) in [6.07, 6.45) is 5.01. The predicted octanol–water partition coefficient (Wildman–Crippen LogP) is 5.50. The van der Waals surface area contributed by atoms with E-state index in [-0.39, 0.29) is 28.1 Å². The Balaban J connectivity index is 1.93. The van der Waals surface area contributed by atoms with Crippen LogP contribution in [0.25, 0.3) is 11.1 Å². The number of rotatable bonds is 7. The van der Waals surface area contributed by atoms with Gasteiger partial charge in [-0.1, -0.05) is 6.92 Å². The SMILES string of the molecule is CC[C@H]1CC(NC(C)c2cc(F)c(-c3cc(C(C)(C)F)ncc3OC)cc2F)=CN1. The molecule has 0 saturated carbocycles. The van der Waals surface area contributed by atoms with Gasteiger partial charge in [-0.3, -0.25) is 4.98 Å². The van der Waals surface area contributed by atoms with Crippen LogP contribution in [0.4, 0.5) is 13.2 Å². The van der Waals surface area contributed by atoms with Gasteiger partial charge in [0.1, 0.15) is 23.1 Å². The largest absolute Gasteiger partial charge is 0.494 e. The lowest BCUT2D eigenvalue weighted by Gasteiger charge is -2.20. The van der Waals surface area contributed by atoms with Crippen LogP contribution >= 0.6 is 0 Å². The number of benzene rings is 1. The number of nitrogens with one attached hydrogen (secondary N) is 2. The number of methoxy groups -OCH3 is 1. The minimum Gasteiger partial charge on any atom is -0.494 e. The summed E-state index contributed by atoms with van der Waals surface area (Å²) in [6.45, 7) is 6.59. The molecule has 0 spiro atoms. The van der Waals surface area contributed by atoms with E-state index in [0.717, 1.165) is 24.6 Å². The molecule has 1 unspecified atom stereocenters. The highest BCUT2D eigenvalue weighted by Crippen LogP contribution is 2.37. The zero-order valence-corrected chi connectivity index (χ0v) is 17.9. The van der Waals surface area contributed by atoms with Gasteiger partial charge < -0.3 is 15.4 Å². The first-order chi connectivity index (χ1) is 14.1. The van der Waals surface area contributed by atoms with Crippen LogP contribution < -0.4 is 15.4 Å². The second-order valence-electron chi connectivity index (χ2n) is 8.11. The van der Waals surface area contributed by atoms with E-state index in [1.165, 1.54) is 39.3 Å². The van der Waals surface area contributed by atoms with Crippen molar-refractivity contribution in [2.75, 3.05) is 7.11 Å². The zero-order chi connectivity index (χ0) is 22.1. The van der Waals surface area contributed by atoms with E-state index >= 15 is 4.39 Å². The second-order valence-corrected chi connectivity index (χ2v) is 8.11. The van der Waals surface area contributed by atoms with E-state index in [1.54, 1.807) is 6.92 Å². The predicted molar refractivity (Wildman–Crippen MR) is 112 cm³/mol. The van der Waals surface area contributed by atoms with Crippen molar-refractivity contribution in [3.8, 4) is 16.9 Å². The van der Waals surface area contributed by atoms with Crippen molar-refractivity contribution in [2.45, 2.75) is 58.3 Å². The maximum Gasteiger partial charge on any atom is 0.147 e. The molecule has 2 heterocycles. The fraction of sp³-hybridized carbons (Fsp3) is 0.435. The lowest BCUT2D eigenvalue weighted by molar-refractivity contribution is 0.214. The monoisotopic (exact) mass is 419 g/mol. The molecule has 2 N–H and O–H groups in total. The average molecular weight is 419 g/mol. The molecule has 1 aromatic carbocycles. The van der Waals surface area contributed by atoms with Crippen molar-refractivity contribution >= 4 is 0 Å². The summed E-state index contributed by atoms with van der Waals surface area (Å²) in [5, 5.41) is 6.50. The Hall–Kier alpha value is -2.70. The van der Waals surface area contributed by atoms with Crippen LogP contribution in [0, 0.1) is 11.6 Å². The molecule has 3 rings (SSSR count). The number of hydrogen-bond acceptors (Lipinski definition) is 4. The Labute approximate surface area is 175 Å². The van der Waals surface area contributed by atoms with Crippen molar-refractivity contribution < 1.29 is 17.9 Å². The number of hydrogen-bond donors (Lipinski definition) is 2. The van der Waals surface area contributed by atoms with Crippen molar-refractivity contribution in [1.82, 2.24) is 15.6 Å². The maximum absolute atomic E-state index is 15.1. The number of nitrogens with zero attached hydrogens (tertiary/aromatic N) is 1. The van der Waals surface area contributed by atoms with E-state index in [4.69, 9.17) is 4.74 Å². The van der Waals surface area contributed by atoms with Crippen LogP contribution in [-0.2, 0) is 5.67 Å². The molecule has 7 heteroatoms. The Morgan fingerprint density at radius 2 is 1.97 bits per heavy atom. The summed E-state index contributed by atoms with van der Waals surface area (Å²) < 4.78 is 49.6. The number of pyridine rings is 1. The van der Waals surface area contributed by atoms with Crippen molar-refractivity contribution in [3.05, 3.63) is 59.2 Å². The second kappa shape index (κ2) is 8.58. The van der Waals surface area contributed by atoms with Crippen molar-refractivity contribution in [1.29, 1.82) is 0 Å². The Morgan fingerprint density at radius 3 is 2.57 bits per heavy atom. The molecule has 0 saturated heterocycles. The Kier molecular flexibility index (Phi) is 6.29. The zero-order valence-electron chi connectivity index (χ0n) is 17.9. The number of aromatic nitrogens is 1. The molecule has 0 aliphatic carbocycles. The molecular weight excluding hydrogens is 391 g/mol. The van der Waals surface area contributed by atoms with E-state index < -0.39 is 23.3 Å². The summed E-state index contributed by atoms with van der Waals surface area (Å²) in [4.78, 5) is 4.04. The third-order valence-corrected chi connectivity index (χ3v) is 5.39. The first-order valence-corrected chi connectivity index (χ1v) is 10.1. The highest BCUT2D eigenvalue weighted by molar-refractivity contribution is 5.71. The Morgan fingerprint density at radius 1 is 1.23 bits per heavy atom. The summed E-state index contributed by atoms with van der Waals surface area (Å²) in [7, 11) is 1.41. The molecule has 4 nitrogen and oxygen atoms in total. The lowest BCUT2D eigenvalue weighted by atomic mass is 9.97. The van der Waals surface area contributed by atoms with E-state index in [0.29, 0.717) is 6.04 Å². The molecule has 30 heavy (non-hydrogen) atoms. The molecule has 1 aromatic heterocycles. The van der Waals surface area contributed by atoms with Crippen LogP contribution in [0.2, 0.25) is 0 Å². The average Bonchev–Trinajstić information content (AvgIpc) is 3.15. The van der Waals surface area contributed by atoms with E-state index in [1.807, 2.05) is 6.20 Å². The maximum atomic E-state index is 15.1. The van der Waals surface area contributed by atoms with Crippen LogP contribution in [-0.4, -0.2) is 18.1 Å². The molecule has 0 bridgehead atoms. The smallest absolute Gasteiger partial charge is 0.147 e. The van der Waals surface area contributed by atoms with E-state index in [9.17, 15) is 8.78 Å². The van der Waals surface area contributed by atoms with Gasteiger partial charge in [-0.15, -0.1) is 0 Å². The molecule has 162 valence electrons. The van der Waals surface area contributed by atoms with Gasteiger partial charge in [0.2, 0.25) is 0 Å². The molecular formula is C23H28F3N3O. The lowest BCUT2D eigenvalue weighted by Crippen LogP contribution is -2.20. The highest BCUT2D eigenvalue weighted by atomic mass is 19.1. The molecule has 1 aliphatic rings. The van der Waals surface area contributed by atoms with Gasteiger partial charge in [-0.05, 0) is 45.4 Å². The van der Waals surface area contributed by atoms with Gasteiger partial charge in [0.05, 0.1) is 25.0 Å². The molecule has 0 radical (unpaired) electrons. The Bertz CT molecular complexity index is 953. The fourth-order valence-electron chi connectivity index (χ4n) is 3.56. The van der Waals surface area contributed by atoms with Crippen molar-refractivity contribution in [3.63, 3.8) is 0 Å². The number of ether oxygens (including phenoxy) is 1. The minimum absolute atomic E-state index is 0.000922. The topological polar surface area (TPSA) is 46.2 Å². The van der Waals surface area contributed by atoms with Crippen LogP contribution in [0.15, 0.2) is 36.3 Å². The van der Waals surface area contributed by atoms with Crippen LogP contribution in [0.1, 0.15) is 57.8 Å². The first kappa shape index (κ1) is 22.0. The van der Waals surface area contributed by atoms with Gasteiger partial charge in [0.15, 0.2) is 0 Å². The van der Waals surface area contributed by atoms with Gasteiger partial charge in [-0.25, -0.2) is 13.2 Å². The molecule has 0 fully saturated rings. The van der Waals surface area contributed by atoms with Gasteiger partial charge in [-0.2, -0.15) is 0 Å². The number of halogens is 3. The quantitative estimate of drug-likeness (QED) is 0.622. The minimum atomic E-state index is -1.73. The number of alkyl halides is 1. The van der Waals surface area contributed by atoms with Crippen LogP contribution in [0.5, 0.6) is 5.75 Å². The summed E-state index contributed by atoms with van der Waals surface area (Å²) in [5.41, 5.74) is -0.178. The third kappa shape index (κ3) is 4.55. The molecule has 2 aromatic rings. The van der Waals surface area contributed by atoms with Gasteiger partial charge in [0.25, 0.3) is 0 Å². The van der Waals surface area contributed by atoms with E-state index in [2.05, 4.69) is 22.5 Å². The van der Waals surface area contributed by atoms with Crippen LogP contribution in [0.3, 0.4) is 0 Å². The van der Waals surface area contributed by atoms with Gasteiger partial charge >= 0.3 is 0 Å². The first-order valence-electron chi connectivity index (χ1n) is 10.1. The summed E-state index contributed by atoms with van der Waals surface area (Å²) >= 11 is 0. The summed E-state index contributed by atoms with van der Waals surface area (Å²) in [5.74, 6) is -0.921. The highest BCUT2D eigenvalue weighted by Gasteiger charge is 2.25. The molecule has 1 aliphatic heterocycles.